The van der Waals surface area contributed by atoms with Crippen LogP contribution in [0.5, 0.6) is 0 Å². The van der Waals surface area contributed by atoms with Gasteiger partial charge in [-0.15, -0.1) is 0 Å². The zero-order chi connectivity index (χ0) is 25.1. The Kier molecular flexibility index (Phi) is 7.45. The van der Waals surface area contributed by atoms with E-state index in [0.29, 0.717) is 39.9 Å². The van der Waals surface area contributed by atoms with Crippen LogP contribution >= 0.6 is 11.6 Å². The summed E-state index contributed by atoms with van der Waals surface area (Å²) in [6.07, 6.45) is 0.0583. The van der Waals surface area contributed by atoms with E-state index in [2.05, 4.69) is 25.6 Å². The number of hydrogen-bond acceptors (Lipinski definition) is 5. The summed E-state index contributed by atoms with van der Waals surface area (Å²) in [6, 6.07) is 6.37. The van der Waals surface area contributed by atoms with Gasteiger partial charge in [0.05, 0.1) is 28.0 Å². The highest BCUT2D eigenvalue weighted by Gasteiger charge is 2.30. The lowest BCUT2D eigenvalue weighted by Crippen LogP contribution is -2.49. The Hall–Kier alpha value is -3.20. The SMILES string of the molecule is CC(C)C(=O)NC(C)(C)CNc1cnc(-c2ccc(C(F)(F)F)cc2)c(-c2ccncc2Cl)n1. The van der Waals surface area contributed by atoms with E-state index >= 15 is 0 Å². The molecule has 0 aliphatic heterocycles. The molecule has 0 saturated heterocycles. The number of benzene rings is 1. The Labute approximate surface area is 201 Å². The van der Waals surface area contributed by atoms with Crippen LogP contribution in [0.15, 0.2) is 48.9 Å². The number of amides is 1. The predicted molar refractivity (Wildman–Crippen MR) is 126 cm³/mol. The zero-order valence-electron chi connectivity index (χ0n) is 19.2. The molecular weight excluding hydrogens is 467 g/mol. The smallest absolute Gasteiger partial charge is 0.366 e. The number of nitrogens with zero attached hydrogens (tertiary/aromatic N) is 3. The molecule has 0 aliphatic carbocycles. The largest absolute Gasteiger partial charge is 0.416 e. The second kappa shape index (κ2) is 9.97. The molecule has 0 aliphatic rings. The third kappa shape index (κ3) is 6.22. The molecule has 2 N–H and O–H groups in total. The summed E-state index contributed by atoms with van der Waals surface area (Å²) >= 11 is 6.35. The molecule has 0 radical (unpaired) electrons. The maximum absolute atomic E-state index is 13.0. The van der Waals surface area contributed by atoms with Crippen molar-refractivity contribution in [2.45, 2.75) is 39.4 Å². The van der Waals surface area contributed by atoms with Gasteiger partial charge in [-0.3, -0.25) is 14.8 Å². The van der Waals surface area contributed by atoms with Crippen LogP contribution in [0.4, 0.5) is 19.0 Å². The average Bonchev–Trinajstić information content (AvgIpc) is 2.77. The van der Waals surface area contributed by atoms with Crippen LogP contribution < -0.4 is 10.6 Å². The van der Waals surface area contributed by atoms with E-state index in [1.165, 1.54) is 24.5 Å². The fourth-order valence-corrected chi connectivity index (χ4v) is 3.30. The summed E-state index contributed by atoms with van der Waals surface area (Å²) in [5, 5.41) is 6.46. The van der Waals surface area contributed by atoms with Gasteiger partial charge in [0.1, 0.15) is 11.5 Å². The molecule has 0 saturated carbocycles. The van der Waals surface area contributed by atoms with Gasteiger partial charge < -0.3 is 10.6 Å². The molecule has 3 aromatic rings. The van der Waals surface area contributed by atoms with Crippen molar-refractivity contribution < 1.29 is 18.0 Å². The number of aromatic nitrogens is 3. The molecule has 34 heavy (non-hydrogen) atoms. The molecule has 1 aromatic carbocycles. The van der Waals surface area contributed by atoms with E-state index < -0.39 is 17.3 Å². The number of pyridine rings is 1. The summed E-state index contributed by atoms with van der Waals surface area (Å²) in [5.74, 6) is 0.202. The minimum atomic E-state index is -4.44. The third-order valence-corrected chi connectivity index (χ3v) is 5.28. The van der Waals surface area contributed by atoms with Gasteiger partial charge in [-0.1, -0.05) is 37.6 Å². The van der Waals surface area contributed by atoms with Crippen molar-refractivity contribution in [3.8, 4) is 22.5 Å². The van der Waals surface area contributed by atoms with Crippen molar-refractivity contribution in [1.82, 2.24) is 20.3 Å². The first-order chi connectivity index (χ1) is 15.9. The van der Waals surface area contributed by atoms with E-state index in [0.717, 1.165) is 12.1 Å². The average molecular weight is 492 g/mol. The van der Waals surface area contributed by atoms with Crippen molar-refractivity contribution in [3.63, 3.8) is 0 Å². The molecule has 10 heteroatoms. The Bertz CT molecular complexity index is 1160. The van der Waals surface area contributed by atoms with E-state index in [4.69, 9.17) is 11.6 Å². The van der Waals surface area contributed by atoms with Gasteiger partial charge in [0.15, 0.2) is 0 Å². The molecule has 2 aromatic heterocycles. The highest BCUT2D eigenvalue weighted by molar-refractivity contribution is 6.33. The fourth-order valence-electron chi connectivity index (χ4n) is 3.09. The zero-order valence-corrected chi connectivity index (χ0v) is 19.9. The highest BCUT2D eigenvalue weighted by Crippen LogP contribution is 2.35. The number of alkyl halides is 3. The first-order valence-corrected chi connectivity index (χ1v) is 11.0. The van der Waals surface area contributed by atoms with Crippen molar-refractivity contribution in [2.75, 3.05) is 11.9 Å². The molecular formula is C24H25ClF3N5O. The topological polar surface area (TPSA) is 79.8 Å². The van der Waals surface area contributed by atoms with Gasteiger partial charge in [-0.25, -0.2) is 4.98 Å². The Morgan fingerprint density at radius 1 is 1.06 bits per heavy atom. The monoisotopic (exact) mass is 491 g/mol. The number of hydrogen-bond donors (Lipinski definition) is 2. The molecule has 2 heterocycles. The van der Waals surface area contributed by atoms with Crippen molar-refractivity contribution in [2.24, 2.45) is 5.92 Å². The van der Waals surface area contributed by atoms with E-state index in [-0.39, 0.29) is 11.8 Å². The second-order valence-corrected chi connectivity index (χ2v) is 9.17. The standard InChI is InChI=1S/C24H25ClF3N5O/c1-14(2)22(34)33-23(3,4)13-31-19-12-30-20(15-5-7-16(8-6-15)24(26,27)28)21(32-19)17-9-10-29-11-18(17)25/h5-12,14H,13H2,1-4H3,(H,31,32)(H,33,34). The Morgan fingerprint density at radius 2 is 1.74 bits per heavy atom. The molecule has 180 valence electrons. The molecule has 0 fully saturated rings. The van der Waals surface area contributed by atoms with Crippen LogP contribution in [0, 0.1) is 5.92 Å². The van der Waals surface area contributed by atoms with E-state index in [9.17, 15) is 18.0 Å². The maximum atomic E-state index is 13.0. The van der Waals surface area contributed by atoms with Gasteiger partial charge >= 0.3 is 6.18 Å². The Morgan fingerprint density at radius 3 is 2.32 bits per heavy atom. The lowest BCUT2D eigenvalue weighted by atomic mass is 10.0. The van der Waals surface area contributed by atoms with E-state index in [1.807, 2.05) is 27.7 Å². The van der Waals surface area contributed by atoms with Gasteiger partial charge in [0, 0.05) is 36.0 Å². The van der Waals surface area contributed by atoms with Crippen LogP contribution in [0.3, 0.4) is 0 Å². The lowest BCUT2D eigenvalue weighted by Gasteiger charge is -2.28. The minimum Gasteiger partial charge on any atom is -0.366 e. The fraction of sp³-hybridized carbons (Fsp3) is 0.333. The predicted octanol–water partition coefficient (Wildman–Crippen LogP) is 5.84. The van der Waals surface area contributed by atoms with Crippen LogP contribution in [-0.2, 0) is 11.0 Å². The molecule has 0 spiro atoms. The third-order valence-electron chi connectivity index (χ3n) is 4.98. The summed E-state index contributed by atoms with van der Waals surface area (Å²) in [4.78, 5) is 25.2. The lowest BCUT2D eigenvalue weighted by molar-refractivity contribution is -0.137. The van der Waals surface area contributed by atoms with Crippen LogP contribution in [0.1, 0.15) is 33.3 Å². The van der Waals surface area contributed by atoms with Gasteiger partial charge in [-0.2, -0.15) is 13.2 Å². The minimum absolute atomic E-state index is 0.0696. The second-order valence-electron chi connectivity index (χ2n) is 8.76. The molecule has 1 amide bonds. The van der Waals surface area contributed by atoms with Crippen LogP contribution in [0.25, 0.3) is 22.5 Å². The molecule has 6 nitrogen and oxygen atoms in total. The summed E-state index contributed by atoms with van der Waals surface area (Å²) < 4.78 is 39.0. The van der Waals surface area contributed by atoms with Crippen molar-refractivity contribution in [1.29, 1.82) is 0 Å². The van der Waals surface area contributed by atoms with Crippen molar-refractivity contribution >= 4 is 23.3 Å². The first-order valence-electron chi connectivity index (χ1n) is 10.6. The molecule has 3 rings (SSSR count). The number of anilines is 1. The summed E-state index contributed by atoms with van der Waals surface area (Å²) in [7, 11) is 0. The Balaban J connectivity index is 1.96. The van der Waals surface area contributed by atoms with Crippen LogP contribution in [0.2, 0.25) is 5.02 Å². The van der Waals surface area contributed by atoms with Gasteiger partial charge in [-0.05, 0) is 32.0 Å². The number of carbonyl (C=O) groups is 1. The quantitative estimate of drug-likeness (QED) is 0.434. The number of carbonyl (C=O) groups excluding carboxylic acids is 1. The number of rotatable bonds is 7. The van der Waals surface area contributed by atoms with Gasteiger partial charge in [0.25, 0.3) is 0 Å². The summed E-state index contributed by atoms with van der Waals surface area (Å²) in [5.41, 5.74) is 0.441. The molecule has 0 bridgehead atoms. The van der Waals surface area contributed by atoms with Crippen molar-refractivity contribution in [3.05, 3.63) is 59.5 Å². The molecule has 0 atom stereocenters. The molecule has 0 unspecified atom stereocenters. The number of halogens is 4. The normalized spacial score (nSPS) is 12.0. The van der Waals surface area contributed by atoms with Crippen LogP contribution in [-0.4, -0.2) is 32.9 Å². The highest BCUT2D eigenvalue weighted by atomic mass is 35.5. The first kappa shape index (κ1) is 25.4. The van der Waals surface area contributed by atoms with Gasteiger partial charge in [0.2, 0.25) is 5.91 Å². The maximum Gasteiger partial charge on any atom is 0.416 e. The number of nitrogens with one attached hydrogen (secondary N) is 2. The summed E-state index contributed by atoms with van der Waals surface area (Å²) in [6.45, 7) is 7.75. The van der Waals surface area contributed by atoms with E-state index in [1.54, 1.807) is 12.3 Å².